The van der Waals surface area contributed by atoms with Crippen LogP contribution in [0.4, 0.5) is 0 Å². The van der Waals surface area contributed by atoms with Gasteiger partial charge in [-0.3, -0.25) is 0 Å². The number of rotatable bonds is 20. The van der Waals surface area contributed by atoms with Crippen LogP contribution in [0.5, 0.6) is 0 Å². The zero-order valence-electron chi connectivity index (χ0n) is 26.2. The van der Waals surface area contributed by atoms with Gasteiger partial charge in [-0.25, -0.2) is 4.70 Å². The zero-order chi connectivity index (χ0) is 28.6. The van der Waals surface area contributed by atoms with E-state index >= 15 is 0 Å². The van der Waals surface area contributed by atoms with Crippen LogP contribution in [0.15, 0.2) is 59.7 Å². The Hall–Kier alpha value is -2.48. The van der Waals surface area contributed by atoms with Crippen molar-refractivity contribution < 1.29 is 4.70 Å². The molecular formula is C38H56N2. The minimum Gasteiger partial charge on any atom is -0.493 e. The van der Waals surface area contributed by atoms with E-state index in [1.165, 1.54) is 123 Å². The third-order valence-corrected chi connectivity index (χ3v) is 8.46. The highest BCUT2D eigenvalue weighted by molar-refractivity contribution is 5.82. The second-order valence-corrected chi connectivity index (χ2v) is 11.9. The fraction of sp³-hybridized carbons (Fsp3) is 0.579. The highest BCUT2D eigenvalue weighted by Crippen LogP contribution is 2.45. The molecule has 0 saturated heterocycles. The number of allylic oxidation sites excluding steroid dienone is 2. The monoisotopic (exact) mass is 540 g/mol. The van der Waals surface area contributed by atoms with Crippen LogP contribution in [-0.4, -0.2) is 4.70 Å². The predicted octanol–water partition coefficient (Wildman–Crippen LogP) is 12.3. The third-order valence-electron chi connectivity index (χ3n) is 8.46. The number of hydrogen-bond acceptors (Lipinski definition) is 0. The molecule has 0 amide bonds. The highest BCUT2D eigenvalue weighted by atomic mass is 15.2. The molecule has 218 valence electrons. The van der Waals surface area contributed by atoms with E-state index in [9.17, 15) is 5.53 Å². The predicted molar refractivity (Wildman–Crippen MR) is 174 cm³/mol. The molecule has 0 spiro atoms. The van der Waals surface area contributed by atoms with Gasteiger partial charge in [-0.15, -0.1) is 0 Å². The summed E-state index contributed by atoms with van der Waals surface area (Å²) in [6, 6.07) is 18.0. The first kappa shape index (κ1) is 32.0. The Morgan fingerprint density at radius 1 is 0.475 bits per heavy atom. The van der Waals surface area contributed by atoms with Gasteiger partial charge < -0.3 is 5.53 Å². The van der Waals surface area contributed by atoms with Gasteiger partial charge in [0.2, 0.25) is 11.4 Å². The lowest BCUT2D eigenvalue weighted by Crippen LogP contribution is -2.03. The van der Waals surface area contributed by atoms with Crippen molar-refractivity contribution >= 4 is 11.4 Å². The summed E-state index contributed by atoms with van der Waals surface area (Å²) in [5.41, 5.74) is 21.9. The summed E-state index contributed by atoms with van der Waals surface area (Å²) in [6.07, 6.45) is 21.8. The molecule has 0 aliphatic carbocycles. The Morgan fingerprint density at radius 3 is 1.32 bits per heavy atom. The number of nitrogens with zero attached hydrogens (tertiary/aromatic N) is 2. The van der Waals surface area contributed by atoms with E-state index < -0.39 is 0 Å². The second kappa shape index (κ2) is 18.1. The number of aryl methyl sites for hydroxylation is 2. The number of hydrogen-bond donors (Lipinski definition) is 0. The Morgan fingerprint density at radius 2 is 0.875 bits per heavy atom. The Bertz CT molecular complexity index is 1120. The van der Waals surface area contributed by atoms with E-state index in [0.717, 1.165) is 37.1 Å². The standard InChI is InChI=1S/C38H56N2/c1-5-9-13-15-16-18-28-36-35(27-17-14-10-6-2)37(33-25-19-23-31(29-33)21-11-7-3)40(39)38(36)34-26-20-24-32(30-34)22-12-8-4/h19-20,23-26,29-30H,5-18,21-22,27-28H2,1-4H3. The van der Waals surface area contributed by atoms with Crippen molar-refractivity contribution in [2.45, 2.75) is 143 Å². The van der Waals surface area contributed by atoms with Gasteiger partial charge in [-0.1, -0.05) is 116 Å². The van der Waals surface area contributed by atoms with Crippen molar-refractivity contribution in [1.29, 1.82) is 0 Å². The largest absolute Gasteiger partial charge is 0.493 e. The maximum atomic E-state index is 12.0. The van der Waals surface area contributed by atoms with Crippen LogP contribution in [0.25, 0.3) is 16.9 Å². The molecule has 3 rings (SSSR count). The topological polar surface area (TPSA) is 25.3 Å². The highest BCUT2D eigenvalue weighted by Gasteiger charge is 2.35. The lowest BCUT2D eigenvalue weighted by Gasteiger charge is -2.11. The second-order valence-electron chi connectivity index (χ2n) is 11.9. The van der Waals surface area contributed by atoms with Crippen molar-refractivity contribution in [2.24, 2.45) is 0 Å². The molecule has 1 aliphatic rings. The molecule has 2 heteroatoms. The van der Waals surface area contributed by atoms with Crippen molar-refractivity contribution in [3.05, 3.63) is 87.5 Å². The molecule has 2 nitrogen and oxygen atoms in total. The molecule has 1 heterocycles. The van der Waals surface area contributed by atoms with Gasteiger partial charge in [0.25, 0.3) is 0 Å². The summed E-state index contributed by atoms with van der Waals surface area (Å²) in [5.74, 6) is 0. The van der Waals surface area contributed by atoms with Crippen molar-refractivity contribution in [2.75, 3.05) is 0 Å². The van der Waals surface area contributed by atoms with Gasteiger partial charge in [0, 0.05) is 22.3 Å². The molecule has 40 heavy (non-hydrogen) atoms. The van der Waals surface area contributed by atoms with Crippen molar-refractivity contribution in [3.63, 3.8) is 0 Å². The summed E-state index contributed by atoms with van der Waals surface area (Å²) in [5, 5.41) is 0. The molecule has 1 aliphatic heterocycles. The van der Waals surface area contributed by atoms with E-state index in [2.05, 4.69) is 76.2 Å². The SMILES string of the molecule is CCCCCCCCC1=C(c2cccc(CCCC)c2)[N+](=[N-])C(c2cccc(CCCC)c2)=C1CCCCCC. The lowest BCUT2D eigenvalue weighted by atomic mass is 9.90. The average molecular weight is 541 g/mol. The molecule has 0 fully saturated rings. The normalized spacial score (nSPS) is 13.7. The van der Waals surface area contributed by atoms with Crippen LogP contribution in [0.3, 0.4) is 0 Å². The van der Waals surface area contributed by atoms with E-state index in [1.54, 1.807) is 4.70 Å². The first-order valence-corrected chi connectivity index (χ1v) is 16.8. The van der Waals surface area contributed by atoms with Crippen LogP contribution in [0.2, 0.25) is 0 Å². The van der Waals surface area contributed by atoms with Gasteiger partial charge >= 0.3 is 0 Å². The molecule has 0 bridgehead atoms. The van der Waals surface area contributed by atoms with E-state index in [1.807, 2.05) is 0 Å². The molecule has 0 saturated carbocycles. The van der Waals surface area contributed by atoms with Crippen LogP contribution in [-0.2, 0) is 12.8 Å². The Kier molecular flexibility index (Phi) is 14.5. The fourth-order valence-corrected chi connectivity index (χ4v) is 6.11. The number of unbranched alkanes of at least 4 members (excludes halogenated alkanes) is 10. The van der Waals surface area contributed by atoms with Crippen molar-refractivity contribution in [1.82, 2.24) is 0 Å². The van der Waals surface area contributed by atoms with Gasteiger partial charge in [-0.05, 0) is 86.8 Å². The fourth-order valence-electron chi connectivity index (χ4n) is 6.11. The van der Waals surface area contributed by atoms with Crippen LogP contribution in [0.1, 0.15) is 153 Å². The van der Waals surface area contributed by atoms with Gasteiger partial charge in [0.05, 0.1) is 0 Å². The lowest BCUT2D eigenvalue weighted by molar-refractivity contribution is -0.345. The minimum absolute atomic E-state index is 1.03. The van der Waals surface area contributed by atoms with Crippen LogP contribution >= 0.6 is 0 Å². The molecule has 0 N–H and O–H groups in total. The first-order valence-electron chi connectivity index (χ1n) is 16.8. The first-order chi connectivity index (χ1) is 19.6. The molecule has 2 aromatic rings. The van der Waals surface area contributed by atoms with Crippen LogP contribution < -0.4 is 0 Å². The molecule has 0 aromatic heterocycles. The van der Waals surface area contributed by atoms with E-state index in [-0.39, 0.29) is 0 Å². The maximum Gasteiger partial charge on any atom is 0.211 e. The molecule has 0 unspecified atom stereocenters. The smallest absolute Gasteiger partial charge is 0.211 e. The summed E-state index contributed by atoms with van der Waals surface area (Å²) < 4.78 is 1.58. The minimum atomic E-state index is 1.03. The summed E-state index contributed by atoms with van der Waals surface area (Å²) in [4.78, 5) is 0. The zero-order valence-corrected chi connectivity index (χ0v) is 26.2. The molecule has 0 atom stereocenters. The van der Waals surface area contributed by atoms with E-state index in [4.69, 9.17) is 0 Å². The van der Waals surface area contributed by atoms with Gasteiger partial charge in [-0.2, -0.15) is 0 Å². The maximum absolute atomic E-state index is 12.0. The van der Waals surface area contributed by atoms with Crippen molar-refractivity contribution in [3.8, 4) is 0 Å². The number of benzene rings is 2. The molecule has 2 aromatic carbocycles. The Balaban J connectivity index is 2.04. The van der Waals surface area contributed by atoms with Gasteiger partial charge in [0.15, 0.2) is 0 Å². The molecule has 0 radical (unpaired) electrons. The van der Waals surface area contributed by atoms with Gasteiger partial charge in [0.1, 0.15) is 0 Å². The van der Waals surface area contributed by atoms with Crippen LogP contribution in [0, 0.1) is 0 Å². The molecular weight excluding hydrogens is 484 g/mol. The third kappa shape index (κ3) is 9.28. The quantitative estimate of drug-likeness (QED) is 0.118. The Labute approximate surface area is 246 Å². The summed E-state index contributed by atoms with van der Waals surface area (Å²) >= 11 is 0. The van der Waals surface area contributed by atoms with E-state index in [0.29, 0.717) is 0 Å². The summed E-state index contributed by atoms with van der Waals surface area (Å²) in [6.45, 7) is 9.08. The average Bonchev–Trinajstić information content (AvgIpc) is 3.25. The summed E-state index contributed by atoms with van der Waals surface area (Å²) in [7, 11) is 0.